The molecule has 3 aromatic rings. The van der Waals surface area contributed by atoms with Crippen LogP contribution in [-0.2, 0) is 36.4 Å². The first-order valence-corrected chi connectivity index (χ1v) is 9.73. The first-order valence-electron chi connectivity index (χ1n) is 9.73. The van der Waals surface area contributed by atoms with Crippen LogP contribution in [0, 0.1) is 0 Å². The zero-order chi connectivity index (χ0) is 21.6. The first kappa shape index (κ1) is 20.9. The Morgan fingerprint density at radius 1 is 1.03 bits per heavy atom. The van der Waals surface area contributed by atoms with Gasteiger partial charge in [-0.15, -0.1) is 14.5 Å². The molecule has 10 nitrogen and oxygen atoms in total. The second kappa shape index (κ2) is 6.93. The maximum Gasteiger partial charge on any atom is 0.434 e. The summed E-state index contributed by atoms with van der Waals surface area (Å²) in [5, 5.41) is 15.8. The SMILES string of the molecule is Cn1c[n+](CC(C)(C)c2n[n+](CC(C)(C)c3n[nH]c(=O)o3)c[nH]2)nc1C(C)(C)C. The lowest BCUT2D eigenvalue weighted by atomic mass is 9.92. The van der Waals surface area contributed by atoms with Gasteiger partial charge in [-0.3, -0.25) is 0 Å². The number of nitrogens with zero attached hydrogens (tertiary/aromatic N) is 6. The number of hydrogen-bond acceptors (Lipinski definition) is 5. The standard InChI is InChI=1S/C19H30N8O2/c1-17(2,3)14-24-27(12-25(14)8)9-18(4,5)13-20-11-26(23-13)10-19(6,7)15-21-22-16(28)29-15/h11-12H,9-10H2,1-8H3/p+2. The van der Waals surface area contributed by atoms with Gasteiger partial charge in [-0.1, -0.05) is 20.8 Å². The second-order valence-electron chi connectivity index (χ2n) is 10.0. The molecular weight excluding hydrogens is 372 g/mol. The van der Waals surface area contributed by atoms with Crippen LogP contribution in [-0.4, -0.2) is 29.9 Å². The molecule has 0 aliphatic carbocycles. The number of aromatic nitrogens is 8. The Morgan fingerprint density at radius 3 is 2.24 bits per heavy atom. The minimum Gasteiger partial charge on any atom is -0.392 e. The molecule has 158 valence electrons. The van der Waals surface area contributed by atoms with E-state index in [2.05, 4.69) is 54.4 Å². The maximum absolute atomic E-state index is 11.3. The van der Waals surface area contributed by atoms with Crippen molar-refractivity contribution in [2.75, 3.05) is 0 Å². The highest BCUT2D eigenvalue weighted by atomic mass is 16.4. The van der Waals surface area contributed by atoms with E-state index in [4.69, 9.17) is 14.6 Å². The molecule has 0 aromatic carbocycles. The molecule has 0 saturated heterocycles. The Hall–Kier alpha value is -2.78. The summed E-state index contributed by atoms with van der Waals surface area (Å²) >= 11 is 0. The lowest BCUT2D eigenvalue weighted by Crippen LogP contribution is -2.47. The molecule has 29 heavy (non-hydrogen) atoms. The number of aryl methyl sites for hydroxylation is 1. The second-order valence-corrected chi connectivity index (χ2v) is 10.0. The van der Waals surface area contributed by atoms with Crippen LogP contribution in [0.1, 0.15) is 66.0 Å². The first-order chi connectivity index (χ1) is 13.3. The Kier molecular flexibility index (Phi) is 5.00. The van der Waals surface area contributed by atoms with Gasteiger partial charge in [0.05, 0.1) is 17.9 Å². The molecule has 2 N–H and O–H groups in total. The summed E-state index contributed by atoms with van der Waals surface area (Å²) < 4.78 is 11.0. The molecule has 0 atom stereocenters. The van der Waals surface area contributed by atoms with Gasteiger partial charge in [0.25, 0.3) is 12.7 Å². The average Bonchev–Trinajstić information content (AvgIpc) is 3.26. The summed E-state index contributed by atoms with van der Waals surface area (Å²) in [6, 6.07) is 0. The van der Waals surface area contributed by atoms with E-state index in [9.17, 15) is 4.79 Å². The molecule has 0 aliphatic heterocycles. The van der Waals surface area contributed by atoms with Crippen LogP contribution in [0.5, 0.6) is 0 Å². The van der Waals surface area contributed by atoms with Crippen molar-refractivity contribution < 1.29 is 13.8 Å². The molecule has 3 heterocycles. The average molecular weight is 405 g/mol. The quantitative estimate of drug-likeness (QED) is 0.586. The molecule has 0 fully saturated rings. The fraction of sp³-hybridized carbons (Fsp3) is 0.684. The predicted molar refractivity (Wildman–Crippen MR) is 104 cm³/mol. The minimum atomic E-state index is -0.552. The third-order valence-corrected chi connectivity index (χ3v) is 4.89. The summed E-state index contributed by atoms with van der Waals surface area (Å²) in [7, 11) is 2.02. The van der Waals surface area contributed by atoms with Crippen LogP contribution in [0.4, 0.5) is 0 Å². The molecule has 0 spiro atoms. The van der Waals surface area contributed by atoms with E-state index in [0.29, 0.717) is 19.0 Å². The highest BCUT2D eigenvalue weighted by molar-refractivity contribution is 5.00. The molecular formula is C19H32N8O2+2. The van der Waals surface area contributed by atoms with Crippen molar-refractivity contribution >= 4 is 0 Å². The van der Waals surface area contributed by atoms with Crippen LogP contribution in [0.2, 0.25) is 0 Å². The highest BCUT2D eigenvalue weighted by Gasteiger charge is 2.36. The monoisotopic (exact) mass is 404 g/mol. The van der Waals surface area contributed by atoms with E-state index in [1.165, 1.54) is 0 Å². The Morgan fingerprint density at radius 2 is 1.69 bits per heavy atom. The number of H-pyrrole nitrogens is 2. The Bertz CT molecular complexity index is 1040. The van der Waals surface area contributed by atoms with E-state index in [1.54, 1.807) is 0 Å². The molecule has 0 unspecified atom stereocenters. The number of aromatic amines is 2. The van der Waals surface area contributed by atoms with E-state index in [-0.39, 0.29) is 10.8 Å². The predicted octanol–water partition coefficient (Wildman–Crippen LogP) is 0.648. The van der Waals surface area contributed by atoms with Crippen molar-refractivity contribution in [3.63, 3.8) is 0 Å². The molecule has 3 rings (SSSR count). The smallest absolute Gasteiger partial charge is 0.392 e. The molecule has 0 saturated carbocycles. The van der Waals surface area contributed by atoms with E-state index in [0.717, 1.165) is 11.6 Å². The van der Waals surface area contributed by atoms with Gasteiger partial charge >= 0.3 is 5.76 Å². The van der Waals surface area contributed by atoms with Crippen LogP contribution < -0.4 is 15.1 Å². The van der Waals surface area contributed by atoms with Gasteiger partial charge in [0.2, 0.25) is 17.5 Å². The lowest BCUT2D eigenvalue weighted by molar-refractivity contribution is -0.763. The van der Waals surface area contributed by atoms with Crippen molar-refractivity contribution in [3.05, 3.63) is 40.7 Å². The van der Waals surface area contributed by atoms with Crippen molar-refractivity contribution in [1.29, 1.82) is 0 Å². The van der Waals surface area contributed by atoms with Crippen LogP contribution >= 0.6 is 0 Å². The third kappa shape index (κ3) is 4.46. The Labute approximate surface area is 170 Å². The lowest BCUT2D eigenvalue weighted by Gasteiger charge is -2.17. The number of rotatable bonds is 6. The Balaban J connectivity index is 1.77. The van der Waals surface area contributed by atoms with Gasteiger partial charge in [0.15, 0.2) is 0 Å². The van der Waals surface area contributed by atoms with Crippen molar-refractivity contribution in [2.24, 2.45) is 7.05 Å². The van der Waals surface area contributed by atoms with E-state index in [1.807, 2.05) is 42.9 Å². The van der Waals surface area contributed by atoms with Crippen molar-refractivity contribution in [3.8, 4) is 0 Å². The van der Waals surface area contributed by atoms with Gasteiger partial charge in [-0.25, -0.2) is 19.4 Å². The molecule has 0 amide bonds. The summed E-state index contributed by atoms with van der Waals surface area (Å²) in [6.45, 7) is 15.8. The zero-order valence-electron chi connectivity index (χ0n) is 18.6. The van der Waals surface area contributed by atoms with Crippen LogP contribution in [0.3, 0.4) is 0 Å². The minimum absolute atomic E-state index is 0.0231. The molecule has 10 heteroatoms. The normalized spacial score (nSPS) is 13.2. The van der Waals surface area contributed by atoms with Crippen molar-refractivity contribution in [2.45, 2.75) is 77.8 Å². The topological polar surface area (TPSA) is 113 Å². The van der Waals surface area contributed by atoms with Gasteiger partial charge in [-0.2, -0.15) is 0 Å². The summed E-state index contributed by atoms with van der Waals surface area (Å²) in [5.41, 5.74) is -0.773. The molecule has 0 aliphatic rings. The highest BCUT2D eigenvalue weighted by Crippen LogP contribution is 2.22. The fourth-order valence-corrected chi connectivity index (χ4v) is 3.43. The van der Waals surface area contributed by atoms with Gasteiger partial charge in [0.1, 0.15) is 13.1 Å². The largest absolute Gasteiger partial charge is 0.434 e. The zero-order valence-corrected chi connectivity index (χ0v) is 18.6. The van der Waals surface area contributed by atoms with Crippen molar-refractivity contribution in [1.82, 2.24) is 29.9 Å². The molecule has 3 aromatic heterocycles. The fourth-order valence-electron chi connectivity index (χ4n) is 3.43. The van der Waals surface area contributed by atoms with Gasteiger partial charge in [0, 0.05) is 5.41 Å². The van der Waals surface area contributed by atoms with Crippen LogP contribution in [0.25, 0.3) is 0 Å². The molecule has 0 bridgehead atoms. The maximum atomic E-state index is 11.3. The number of nitrogens with one attached hydrogen (secondary N) is 2. The molecule has 0 radical (unpaired) electrons. The van der Waals surface area contributed by atoms with Crippen LogP contribution in [0.15, 0.2) is 21.9 Å². The van der Waals surface area contributed by atoms with Gasteiger partial charge < -0.3 is 4.42 Å². The van der Waals surface area contributed by atoms with E-state index < -0.39 is 11.2 Å². The summed E-state index contributed by atoms with van der Waals surface area (Å²) in [4.78, 5) is 14.5. The number of hydrogen-bond donors (Lipinski definition) is 2. The summed E-state index contributed by atoms with van der Waals surface area (Å²) in [5.74, 6) is 1.69. The summed E-state index contributed by atoms with van der Waals surface area (Å²) in [6.07, 6.45) is 3.84. The van der Waals surface area contributed by atoms with Gasteiger partial charge in [-0.05, 0) is 37.9 Å². The third-order valence-electron chi connectivity index (χ3n) is 4.89. The van der Waals surface area contributed by atoms with E-state index >= 15 is 0 Å².